The quantitative estimate of drug-likeness (QED) is 0.744. The highest BCUT2D eigenvalue weighted by atomic mass is 35.5. The number of aromatic nitrogens is 2. The van der Waals surface area contributed by atoms with Crippen LogP contribution in [0.3, 0.4) is 0 Å². The Morgan fingerprint density at radius 3 is 2.44 bits per heavy atom. The molecule has 0 aliphatic rings. The van der Waals surface area contributed by atoms with Gasteiger partial charge in [0.2, 0.25) is 0 Å². The van der Waals surface area contributed by atoms with Crippen molar-refractivity contribution in [2.24, 2.45) is 0 Å². The Bertz CT molecular complexity index is 880. The van der Waals surface area contributed by atoms with Gasteiger partial charge < -0.3 is 4.74 Å². The summed E-state index contributed by atoms with van der Waals surface area (Å²) in [5, 5.41) is 0.996. The number of rotatable bonds is 7. The fourth-order valence-corrected chi connectivity index (χ4v) is 3.15. The van der Waals surface area contributed by atoms with Gasteiger partial charge in [0.05, 0.1) is 6.61 Å². The van der Waals surface area contributed by atoms with E-state index in [4.69, 9.17) is 27.9 Å². The van der Waals surface area contributed by atoms with Crippen LogP contribution in [0.25, 0.3) is 0 Å². The maximum atomic E-state index is 12.3. The molecule has 0 atom stereocenters. The number of nitrogens with zero attached hydrogens (tertiary/aromatic N) is 1. The van der Waals surface area contributed by atoms with E-state index in [0.717, 1.165) is 11.1 Å². The smallest absolute Gasteiger partial charge is 0.330 e. The van der Waals surface area contributed by atoms with Gasteiger partial charge in [-0.05, 0) is 37.1 Å². The molecule has 1 aromatic heterocycles. The number of nitrogens with one attached hydrogen (secondary N) is 1. The third kappa shape index (κ3) is 5.08. The summed E-state index contributed by atoms with van der Waals surface area (Å²) in [5.41, 5.74) is 1.90. The lowest BCUT2D eigenvalue weighted by atomic mass is 10.0. The van der Waals surface area contributed by atoms with Crippen LogP contribution in [0, 0.1) is 0 Å². The Morgan fingerprint density at radius 1 is 1.24 bits per heavy atom. The third-order valence-corrected chi connectivity index (χ3v) is 4.07. The van der Waals surface area contributed by atoms with Gasteiger partial charge in [-0.1, -0.05) is 42.3 Å². The van der Waals surface area contributed by atoms with Crippen LogP contribution in [-0.2, 0) is 24.3 Å². The molecule has 1 aromatic carbocycles. The zero-order chi connectivity index (χ0) is 18.6. The highest BCUT2D eigenvalue weighted by Crippen LogP contribution is 2.21. The van der Waals surface area contributed by atoms with Crippen molar-refractivity contribution in [1.82, 2.24) is 9.55 Å². The van der Waals surface area contributed by atoms with Crippen molar-refractivity contribution >= 4 is 23.2 Å². The van der Waals surface area contributed by atoms with Crippen LogP contribution < -0.4 is 11.2 Å². The van der Waals surface area contributed by atoms with E-state index in [0.29, 0.717) is 40.8 Å². The molecule has 1 heterocycles. The lowest BCUT2D eigenvalue weighted by Crippen LogP contribution is -2.36. The first-order valence-corrected chi connectivity index (χ1v) is 8.59. The Balaban J connectivity index is 2.50. The first kappa shape index (κ1) is 19.5. The molecule has 0 fully saturated rings. The molecule has 0 spiro atoms. The summed E-state index contributed by atoms with van der Waals surface area (Å²) < 4.78 is 6.94. The first-order chi connectivity index (χ1) is 11.8. The normalized spacial score (nSPS) is 10.9. The largest absolute Gasteiger partial charge is 0.356 e. The zero-order valence-electron chi connectivity index (χ0n) is 14.2. The zero-order valence-corrected chi connectivity index (χ0v) is 15.7. The van der Waals surface area contributed by atoms with Crippen molar-refractivity contribution < 1.29 is 4.74 Å². The van der Waals surface area contributed by atoms with Crippen LogP contribution in [0.15, 0.2) is 39.9 Å². The number of ether oxygens (including phenoxy) is 1. The molecular weight excluding hydrogens is 363 g/mol. The maximum Gasteiger partial charge on any atom is 0.330 e. The van der Waals surface area contributed by atoms with Crippen molar-refractivity contribution in [3.63, 3.8) is 0 Å². The second-order valence-corrected chi connectivity index (χ2v) is 6.73. The fourth-order valence-electron chi connectivity index (χ4n) is 2.58. The Morgan fingerprint density at radius 2 is 1.88 bits per heavy atom. The Labute approximate surface area is 155 Å². The minimum absolute atomic E-state index is 0.0269. The molecule has 0 unspecified atom stereocenters. The summed E-state index contributed by atoms with van der Waals surface area (Å²) in [5.74, 6) is 0. The van der Waals surface area contributed by atoms with Crippen LogP contribution >= 0.6 is 23.2 Å². The number of hydrogen-bond donors (Lipinski definition) is 1. The van der Waals surface area contributed by atoms with Gasteiger partial charge in [-0.2, -0.15) is 0 Å². The van der Waals surface area contributed by atoms with E-state index in [1.165, 1.54) is 4.57 Å². The van der Waals surface area contributed by atoms with Gasteiger partial charge in [0.1, 0.15) is 6.73 Å². The molecule has 0 amide bonds. The molecule has 0 radical (unpaired) electrons. The van der Waals surface area contributed by atoms with E-state index in [1.54, 1.807) is 18.2 Å². The molecule has 25 heavy (non-hydrogen) atoms. The molecule has 0 aliphatic carbocycles. The molecule has 0 saturated heterocycles. The number of halogens is 2. The van der Waals surface area contributed by atoms with Crippen molar-refractivity contribution in [2.45, 2.75) is 33.4 Å². The molecule has 0 saturated carbocycles. The maximum absolute atomic E-state index is 12.3. The van der Waals surface area contributed by atoms with Crippen molar-refractivity contribution in [2.75, 3.05) is 6.61 Å². The van der Waals surface area contributed by atoms with Gasteiger partial charge in [-0.25, -0.2) is 4.79 Å². The van der Waals surface area contributed by atoms with Crippen LogP contribution in [0.4, 0.5) is 0 Å². The third-order valence-electron chi connectivity index (χ3n) is 3.63. The predicted octanol–water partition coefficient (Wildman–Crippen LogP) is 3.55. The SMILES string of the molecule is C=C(C)COCn1c(Cc2cc(Cl)cc(Cl)c2)c(CC)c(=O)[nH]c1=O. The molecular formula is C18H20Cl2N2O3. The number of hydrogen-bond acceptors (Lipinski definition) is 3. The van der Waals surface area contributed by atoms with Gasteiger partial charge >= 0.3 is 5.69 Å². The summed E-state index contributed by atoms with van der Waals surface area (Å²) in [4.78, 5) is 26.8. The Kier molecular flexibility index (Phi) is 6.64. The number of H-pyrrole nitrogens is 1. The van der Waals surface area contributed by atoms with E-state index in [2.05, 4.69) is 11.6 Å². The standard InChI is InChI=1S/C18H20Cl2N2O3/c1-4-15-16(7-12-5-13(19)8-14(20)6-12)22(10-25-9-11(2)3)18(24)21-17(15)23/h5-6,8H,2,4,7,9-10H2,1,3H3,(H,21,23,24). The molecule has 0 aliphatic heterocycles. The average molecular weight is 383 g/mol. The first-order valence-electron chi connectivity index (χ1n) is 7.83. The van der Waals surface area contributed by atoms with Gasteiger partial charge in [0, 0.05) is 27.7 Å². The van der Waals surface area contributed by atoms with Crippen LogP contribution in [-0.4, -0.2) is 16.2 Å². The minimum Gasteiger partial charge on any atom is -0.356 e. The molecule has 134 valence electrons. The van der Waals surface area contributed by atoms with Crippen LogP contribution in [0.1, 0.15) is 30.7 Å². The molecule has 2 rings (SSSR count). The van der Waals surface area contributed by atoms with Crippen molar-refractivity contribution in [3.05, 3.63) is 78.1 Å². The molecule has 5 nitrogen and oxygen atoms in total. The lowest BCUT2D eigenvalue weighted by molar-refractivity contribution is 0.0895. The highest BCUT2D eigenvalue weighted by Gasteiger charge is 2.15. The molecule has 0 bridgehead atoms. The van der Waals surface area contributed by atoms with E-state index in [-0.39, 0.29) is 12.3 Å². The van der Waals surface area contributed by atoms with Crippen LogP contribution in [0.5, 0.6) is 0 Å². The molecule has 1 N–H and O–H groups in total. The summed E-state index contributed by atoms with van der Waals surface area (Å²) in [7, 11) is 0. The number of benzene rings is 1. The second kappa shape index (κ2) is 8.52. The number of aromatic amines is 1. The minimum atomic E-state index is -0.507. The van der Waals surface area contributed by atoms with Gasteiger partial charge in [-0.15, -0.1) is 0 Å². The molecule has 7 heteroatoms. The van der Waals surface area contributed by atoms with Crippen molar-refractivity contribution in [3.8, 4) is 0 Å². The van der Waals surface area contributed by atoms with Gasteiger partial charge in [0.15, 0.2) is 0 Å². The summed E-state index contributed by atoms with van der Waals surface area (Å²) in [6.45, 7) is 7.82. The lowest BCUT2D eigenvalue weighted by Gasteiger charge is -2.16. The summed E-state index contributed by atoms with van der Waals surface area (Å²) in [6.07, 6.45) is 0.832. The van der Waals surface area contributed by atoms with Gasteiger partial charge in [0.25, 0.3) is 5.56 Å². The second-order valence-electron chi connectivity index (χ2n) is 5.86. The van der Waals surface area contributed by atoms with Crippen molar-refractivity contribution in [1.29, 1.82) is 0 Å². The van der Waals surface area contributed by atoms with E-state index in [1.807, 2.05) is 13.8 Å². The predicted molar refractivity (Wildman–Crippen MR) is 101 cm³/mol. The monoisotopic (exact) mass is 382 g/mol. The van der Waals surface area contributed by atoms with Gasteiger partial charge in [-0.3, -0.25) is 14.3 Å². The summed E-state index contributed by atoms with van der Waals surface area (Å²) in [6, 6.07) is 5.16. The van der Waals surface area contributed by atoms with E-state index < -0.39 is 5.69 Å². The topological polar surface area (TPSA) is 64.1 Å². The van der Waals surface area contributed by atoms with E-state index in [9.17, 15) is 9.59 Å². The average Bonchev–Trinajstić information content (AvgIpc) is 2.49. The van der Waals surface area contributed by atoms with E-state index >= 15 is 0 Å². The molecule has 2 aromatic rings. The fraction of sp³-hybridized carbons (Fsp3) is 0.333. The summed E-state index contributed by atoms with van der Waals surface area (Å²) >= 11 is 12.1. The highest BCUT2D eigenvalue weighted by molar-refractivity contribution is 6.34. The Hall–Kier alpha value is -1.82. The van der Waals surface area contributed by atoms with Crippen LogP contribution in [0.2, 0.25) is 10.0 Å².